The molecule has 1 saturated heterocycles. The molecule has 3 amide bonds. The minimum Gasteiger partial charge on any atom is -0.487 e. The number of hydrogen-bond acceptors (Lipinski definition) is 4. The Morgan fingerprint density at radius 3 is 2.37 bits per heavy atom. The van der Waals surface area contributed by atoms with Gasteiger partial charge in [0.15, 0.2) is 0 Å². The van der Waals surface area contributed by atoms with E-state index < -0.39 is 0 Å². The number of nitrogens with zero attached hydrogens (tertiary/aromatic N) is 1. The number of imide groups is 1. The molecule has 0 radical (unpaired) electrons. The number of allylic oxidation sites excluding steroid dienone is 2. The molecule has 1 aromatic rings. The number of para-hydroxylation sites is 1. The van der Waals surface area contributed by atoms with Gasteiger partial charge in [0.05, 0.1) is 17.9 Å². The fourth-order valence-corrected chi connectivity index (χ4v) is 5.00. The predicted molar refractivity (Wildman–Crippen MR) is 113 cm³/mol. The molecular formula is C24H30N2O4. The number of amides is 3. The van der Waals surface area contributed by atoms with Crippen molar-refractivity contribution >= 4 is 17.7 Å². The quantitative estimate of drug-likeness (QED) is 0.575. The molecule has 1 aliphatic carbocycles. The summed E-state index contributed by atoms with van der Waals surface area (Å²) in [4.78, 5) is 39.3. The van der Waals surface area contributed by atoms with Gasteiger partial charge in [-0.25, -0.2) is 0 Å². The van der Waals surface area contributed by atoms with Crippen molar-refractivity contribution in [3.05, 3.63) is 42.0 Å². The van der Waals surface area contributed by atoms with Crippen molar-refractivity contribution in [3.63, 3.8) is 0 Å². The topological polar surface area (TPSA) is 75.7 Å². The van der Waals surface area contributed by atoms with Gasteiger partial charge in [-0.1, -0.05) is 44.2 Å². The molecule has 0 spiro atoms. The summed E-state index contributed by atoms with van der Waals surface area (Å²) in [6.45, 7) is 4.36. The molecular weight excluding hydrogens is 380 g/mol. The number of carbonyl (C=O) groups excluding carboxylic acids is 3. The van der Waals surface area contributed by atoms with E-state index in [4.69, 9.17) is 4.74 Å². The molecule has 0 bridgehead atoms. The monoisotopic (exact) mass is 410 g/mol. The summed E-state index contributed by atoms with van der Waals surface area (Å²) in [6.07, 6.45) is 7.72. The van der Waals surface area contributed by atoms with Gasteiger partial charge < -0.3 is 10.1 Å². The Hall–Kier alpha value is -2.63. The number of nitrogens with one attached hydrogen (secondary N) is 1. The van der Waals surface area contributed by atoms with Crippen molar-refractivity contribution in [3.8, 4) is 5.75 Å². The third kappa shape index (κ3) is 3.64. The van der Waals surface area contributed by atoms with Gasteiger partial charge in [0, 0.05) is 24.9 Å². The molecule has 6 nitrogen and oxygen atoms in total. The Morgan fingerprint density at radius 1 is 1.10 bits per heavy atom. The second kappa shape index (κ2) is 8.25. The lowest BCUT2D eigenvalue weighted by atomic mass is 9.83. The first kappa shape index (κ1) is 20.6. The molecule has 2 heterocycles. The van der Waals surface area contributed by atoms with E-state index in [0.29, 0.717) is 19.3 Å². The van der Waals surface area contributed by atoms with Crippen molar-refractivity contribution in [1.82, 2.24) is 10.2 Å². The van der Waals surface area contributed by atoms with Gasteiger partial charge in [-0.05, 0) is 31.7 Å². The maximum Gasteiger partial charge on any atom is 0.233 e. The first-order chi connectivity index (χ1) is 14.5. The Bertz CT molecular complexity index is 848. The van der Waals surface area contributed by atoms with E-state index in [2.05, 4.69) is 19.2 Å². The fraction of sp³-hybridized carbons (Fsp3) is 0.542. The number of carbonyl (C=O) groups is 3. The second-order valence-corrected chi connectivity index (χ2v) is 8.59. The van der Waals surface area contributed by atoms with Crippen molar-refractivity contribution < 1.29 is 19.1 Å². The summed E-state index contributed by atoms with van der Waals surface area (Å²) in [5.74, 6) is -0.0833. The molecule has 1 N–H and O–H groups in total. The number of ether oxygens (including phenoxy) is 1. The van der Waals surface area contributed by atoms with E-state index in [1.807, 2.05) is 36.4 Å². The Balaban J connectivity index is 1.41. The van der Waals surface area contributed by atoms with E-state index in [0.717, 1.165) is 24.2 Å². The summed E-state index contributed by atoms with van der Waals surface area (Å²) in [7, 11) is 0. The van der Waals surface area contributed by atoms with Crippen LogP contribution in [0.2, 0.25) is 0 Å². The zero-order valence-electron chi connectivity index (χ0n) is 17.7. The molecule has 3 atom stereocenters. The molecule has 1 aromatic carbocycles. The number of likely N-dealkylation sites (tertiary alicyclic amines) is 1. The normalized spacial score (nSPS) is 26.7. The Labute approximate surface area is 177 Å². The van der Waals surface area contributed by atoms with Gasteiger partial charge in [0.1, 0.15) is 11.4 Å². The molecule has 0 aromatic heterocycles. The maximum atomic E-state index is 12.8. The molecule has 3 aliphatic rings. The number of benzene rings is 1. The van der Waals surface area contributed by atoms with Crippen LogP contribution in [0, 0.1) is 11.8 Å². The molecule has 4 rings (SSSR count). The van der Waals surface area contributed by atoms with Crippen LogP contribution in [0.3, 0.4) is 0 Å². The zero-order valence-corrected chi connectivity index (χ0v) is 17.7. The minimum atomic E-state index is -0.296. The number of rotatable bonds is 6. The highest BCUT2D eigenvalue weighted by Crippen LogP contribution is 2.42. The lowest BCUT2D eigenvalue weighted by Gasteiger charge is -2.41. The first-order valence-corrected chi connectivity index (χ1v) is 11.1. The molecule has 6 heteroatoms. The minimum absolute atomic E-state index is 0.120. The van der Waals surface area contributed by atoms with Crippen LogP contribution in [0.1, 0.15) is 64.0 Å². The zero-order chi connectivity index (χ0) is 21.3. The molecule has 160 valence electrons. The van der Waals surface area contributed by atoms with Crippen molar-refractivity contribution in [2.75, 3.05) is 6.54 Å². The van der Waals surface area contributed by atoms with Crippen LogP contribution in [-0.2, 0) is 14.4 Å². The van der Waals surface area contributed by atoms with Crippen molar-refractivity contribution in [1.29, 1.82) is 0 Å². The van der Waals surface area contributed by atoms with Gasteiger partial charge in [-0.2, -0.15) is 0 Å². The van der Waals surface area contributed by atoms with Gasteiger partial charge in [0.2, 0.25) is 17.7 Å². The smallest absolute Gasteiger partial charge is 0.233 e. The van der Waals surface area contributed by atoms with Crippen LogP contribution < -0.4 is 10.1 Å². The van der Waals surface area contributed by atoms with Crippen LogP contribution in [0.25, 0.3) is 0 Å². The molecule has 0 unspecified atom stereocenters. The van der Waals surface area contributed by atoms with E-state index in [9.17, 15) is 14.4 Å². The lowest BCUT2D eigenvalue weighted by molar-refractivity contribution is -0.140. The van der Waals surface area contributed by atoms with E-state index >= 15 is 0 Å². The summed E-state index contributed by atoms with van der Waals surface area (Å²) < 4.78 is 6.30. The standard InChI is InChI=1S/C24H30N2O4/c1-3-24(4-2)15-19(18-11-7-8-12-20(18)30-24)25-21(27)13-14-26-22(28)16-9-5-6-10-17(16)23(26)29/h5-8,11-12,16-17,19H,3-4,9-10,13-15H2,1-2H3,(H,25,27)/t16-,17+,19-/m1/s1. The summed E-state index contributed by atoms with van der Waals surface area (Å²) in [5, 5.41) is 3.13. The van der Waals surface area contributed by atoms with Crippen LogP contribution in [0.4, 0.5) is 0 Å². The average Bonchev–Trinajstić information content (AvgIpc) is 3.02. The number of fused-ring (bicyclic) bond motifs is 2. The van der Waals surface area contributed by atoms with E-state index in [1.165, 1.54) is 4.90 Å². The van der Waals surface area contributed by atoms with Gasteiger partial charge in [-0.15, -0.1) is 0 Å². The SMILES string of the molecule is CCC1(CC)C[C@@H](NC(=O)CCN2C(=O)[C@H]3CC=CC[C@H]3C2=O)c2ccccc2O1. The summed E-state index contributed by atoms with van der Waals surface area (Å²) in [5.41, 5.74) is 0.685. The third-order valence-corrected chi connectivity index (χ3v) is 6.98. The molecule has 1 fully saturated rings. The summed E-state index contributed by atoms with van der Waals surface area (Å²) >= 11 is 0. The lowest BCUT2D eigenvalue weighted by Crippen LogP contribution is -2.45. The molecule has 30 heavy (non-hydrogen) atoms. The fourth-order valence-electron chi connectivity index (χ4n) is 5.00. The van der Waals surface area contributed by atoms with Gasteiger partial charge in [0.25, 0.3) is 0 Å². The van der Waals surface area contributed by atoms with Crippen LogP contribution >= 0.6 is 0 Å². The van der Waals surface area contributed by atoms with Crippen molar-refractivity contribution in [2.45, 2.75) is 64.0 Å². The highest BCUT2D eigenvalue weighted by Gasteiger charge is 2.47. The first-order valence-electron chi connectivity index (χ1n) is 11.1. The van der Waals surface area contributed by atoms with Gasteiger partial charge in [-0.3, -0.25) is 19.3 Å². The van der Waals surface area contributed by atoms with Crippen LogP contribution in [0.15, 0.2) is 36.4 Å². The average molecular weight is 411 g/mol. The van der Waals surface area contributed by atoms with E-state index in [-0.39, 0.29) is 54.2 Å². The molecule has 0 saturated carbocycles. The van der Waals surface area contributed by atoms with Gasteiger partial charge >= 0.3 is 0 Å². The third-order valence-electron chi connectivity index (χ3n) is 6.98. The highest BCUT2D eigenvalue weighted by atomic mass is 16.5. The van der Waals surface area contributed by atoms with Crippen LogP contribution in [0.5, 0.6) is 5.75 Å². The molecule has 2 aliphatic heterocycles. The maximum absolute atomic E-state index is 12.8. The summed E-state index contributed by atoms with van der Waals surface area (Å²) in [6, 6.07) is 7.69. The largest absolute Gasteiger partial charge is 0.487 e. The Kier molecular flexibility index (Phi) is 5.67. The Morgan fingerprint density at radius 2 is 1.73 bits per heavy atom. The number of hydrogen-bond donors (Lipinski definition) is 1. The second-order valence-electron chi connectivity index (χ2n) is 8.59. The van der Waals surface area contributed by atoms with Crippen LogP contribution in [-0.4, -0.2) is 34.8 Å². The highest BCUT2D eigenvalue weighted by molar-refractivity contribution is 6.05. The predicted octanol–water partition coefficient (Wildman–Crippen LogP) is 3.53. The van der Waals surface area contributed by atoms with Crippen molar-refractivity contribution in [2.24, 2.45) is 11.8 Å². The van der Waals surface area contributed by atoms with E-state index in [1.54, 1.807) is 0 Å².